The van der Waals surface area contributed by atoms with E-state index in [4.69, 9.17) is 10.00 Å². The number of ketones is 1. The van der Waals surface area contributed by atoms with Gasteiger partial charge in [-0.05, 0) is 38.1 Å². The van der Waals surface area contributed by atoms with Gasteiger partial charge in [0, 0.05) is 11.3 Å². The number of carbonyl (C=O) groups excluding carboxylic acids is 2. The molecule has 0 heterocycles. The number of para-hydroxylation sites is 1. The molecular weight excluding hydrogens is 292 g/mol. The zero-order chi connectivity index (χ0) is 16.8. The summed E-state index contributed by atoms with van der Waals surface area (Å²) >= 11 is 0. The third kappa shape index (κ3) is 4.17. The van der Waals surface area contributed by atoms with Crippen molar-refractivity contribution in [2.24, 2.45) is 0 Å². The monoisotopic (exact) mass is 308 g/mol. The van der Waals surface area contributed by atoms with Gasteiger partial charge in [0.15, 0.2) is 11.9 Å². The van der Waals surface area contributed by atoms with Crippen LogP contribution in [0.2, 0.25) is 0 Å². The van der Waals surface area contributed by atoms with Gasteiger partial charge >= 0.3 is 0 Å². The minimum atomic E-state index is -0.787. The van der Waals surface area contributed by atoms with Crippen molar-refractivity contribution in [1.82, 2.24) is 0 Å². The lowest BCUT2D eigenvalue weighted by Crippen LogP contribution is -2.30. The van der Waals surface area contributed by atoms with Gasteiger partial charge < -0.3 is 10.1 Å². The number of hydrogen-bond donors (Lipinski definition) is 1. The van der Waals surface area contributed by atoms with Crippen molar-refractivity contribution < 1.29 is 14.3 Å². The van der Waals surface area contributed by atoms with Crippen molar-refractivity contribution in [2.75, 3.05) is 5.32 Å². The van der Waals surface area contributed by atoms with Crippen molar-refractivity contribution in [3.05, 3.63) is 59.7 Å². The van der Waals surface area contributed by atoms with Gasteiger partial charge in [-0.1, -0.05) is 24.3 Å². The molecule has 0 unspecified atom stereocenters. The second-order valence-electron chi connectivity index (χ2n) is 4.99. The van der Waals surface area contributed by atoms with Crippen LogP contribution in [0.4, 0.5) is 5.69 Å². The summed E-state index contributed by atoms with van der Waals surface area (Å²) < 4.78 is 5.55. The second kappa shape index (κ2) is 7.23. The summed E-state index contributed by atoms with van der Waals surface area (Å²) in [7, 11) is 0. The van der Waals surface area contributed by atoms with Crippen LogP contribution in [0.5, 0.6) is 5.75 Å². The van der Waals surface area contributed by atoms with E-state index in [1.165, 1.54) is 6.92 Å². The van der Waals surface area contributed by atoms with Gasteiger partial charge in [0.05, 0.1) is 5.56 Å². The number of nitriles is 1. The predicted molar refractivity (Wildman–Crippen MR) is 86.3 cm³/mol. The molecule has 1 N–H and O–H groups in total. The Morgan fingerprint density at radius 1 is 1.17 bits per heavy atom. The van der Waals surface area contributed by atoms with Crippen molar-refractivity contribution in [3.8, 4) is 11.8 Å². The number of Topliss-reactive ketones (excluding diaryl/α,β-unsaturated/α-hetero) is 1. The summed E-state index contributed by atoms with van der Waals surface area (Å²) in [4.78, 5) is 23.6. The molecule has 0 aliphatic heterocycles. The van der Waals surface area contributed by atoms with E-state index in [0.29, 0.717) is 22.6 Å². The third-order valence-corrected chi connectivity index (χ3v) is 3.22. The van der Waals surface area contributed by atoms with Crippen LogP contribution in [0, 0.1) is 11.3 Å². The maximum absolute atomic E-state index is 12.2. The van der Waals surface area contributed by atoms with Crippen LogP contribution in [-0.2, 0) is 4.79 Å². The molecule has 0 spiro atoms. The quantitative estimate of drug-likeness (QED) is 0.860. The van der Waals surface area contributed by atoms with Crippen molar-refractivity contribution >= 4 is 17.4 Å². The van der Waals surface area contributed by atoms with Gasteiger partial charge in [-0.3, -0.25) is 9.59 Å². The highest BCUT2D eigenvalue weighted by Crippen LogP contribution is 2.19. The van der Waals surface area contributed by atoms with Crippen LogP contribution >= 0.6 is 0 Å². The Hall–Kier alpha value is -3.13. The molecule has 0 saturated heterocycles. The van der Waals surface area contributed by atoms with E-state index >= 15 is 0 Å². The zero-order valence-corrected chi connectivity index (χ0v) is 12.9. The largest absolute Gasteiger partial charge is 0.480 e. The van der Waals surface area contributed by atoms with Gasteiger partial charge in [0.1, 0.15) is 11.8 Å². The van der Waals surface area contributed by atoms with Crippen molar-refractivity contribution in [1.29, 1.82) is 5.26 Å². The number of hydrogen-bond acceptors (Lipinski definition) is 4. The van der Waals surface area contributed by atoms with E-state index in [2.05, 4.69) is 5.32 Å². The first-order valence-electron chi connectivity index (χ1n) is 7.09. The highest BCUT2D eigenvalue weighted by atomic mass is 16.5. The van der Waals surface area contributed by atoms with Crippen LogP contribution < -0.4 is 10.1 Å². The average Bonchev–Trinajstić information content (AvgIpc) is 2.55. The molecule has 5 nitrogen and oxygen atoms in total. The molecule has 0 radical (unpaired) electrons. The van der Waals surface area contributed by atoms with Crippen molar-refractivity contribution in [2.45, 2.75) is 20.0 Å². The lowest BCUT2D eigenvalue weighted by Gasteiger charge is -2.15. The van der Waals surface area contributed by atoms with Crippen LogP contribution in [0.1, 0.15) is 29.8 Å². The zero-order valence-electron chi connectivity index (χ0n) is 12.9. The van der Waals surface area contributed by atoms with Gasteiger partial charge in [-0.15, -0.1) is 0 Å². The Morgan fingerprint density at radius 2 is 1.91 bits per heavy atom. The average molecular weight is 308 g/mol. The topological polar surface area (TPSA) is 79.2 Å². The van der Waals surface area contributed by atoms with Gasteiger partial charge in [-0.2, -0.15) is 5.26 Å². The fourth-order valence-corrected chi connectivity index (χ4v) is 1.97. The maximum atomic E-state index is 12.2. The van der Waals surface area contributed by atoms with E-state index in [-0.39, 0.29) is 11.7 Å². The minimum Gasteiger partial charge on any atom is -0.480 e. The van der Waals surface area contributed by atoms with E-state index in [1.807, 2.05) is 6.07 Å². The molecule has 0 bridgehead atoms. The van der Waals surface area contributed by atoms with E-state index in [0.717, 1.165) is 0 Å². The standard InChI is InChI=1S/C18H16N2O3/c1-12(21)14-7-5-8-16(10-14)20-18(22)13(2)23-17-9-4-3-6-15(17)11-19/h3-10,13H,1-2H3,(H,20,22)/t13-/m1/s1. The van der Waals surface area contributed by atoms with E-state index in [1.54, 1.807) is 55.5 Å². The molecule has 1 amide bonds. The van der Waals surface area contributed by atoms with Crippen LogP contribution in [0.25, 0.3) is 0 Å². The lowest BCUT2D eigenvalue weighted by atomic mass is 10.1. The molecule has 2 rings (SSSR count). The molecule has 0 saturated carbocycles. The van der Waals surface area contributed by atoms with Gasteiger partial charge in [-0.25, -0.2) is 0 Å². The number of anilines is 1. The number of nitrogens with zero attached hydrogens (tertiary/aromatic N) is 1. The number of nitrogens with one attached hydrogen (secondary N) is 1. The number of benzene rings is 2. The van der Waals surface area contributed by atoms with Crippen molar-refractivity contribution in [3.63, 3.8) is 0 Å². The number of amides is 1. The van der Waals surface area contributed by atoms with Crippen LogP contribution in [0.15, 0.2) is 48.5 Å². The predicted octanol–water partition coefficient (Wildman–Crippen LogP) is 3.17. The third-order valence-electron chi connectivity index (χ3n) is 3.22. The molecular formula is C18H16N2O3. The second-order valence-corrected chi connectivity index (χ2v) is 4.99. The summed E-state index contributed by atoms with van der Waals surface area (Å²) in [5.41, 5.74) is 1.41. The molecule has 1 atom stereocenters. The fraction of sp³-hybridized carbons (Fsp3) is 0.167. The first-order valence-corrected chi connectivity index (χ1v) is 7.09. The molecule has 23 heavy (non-hydrogen) atoms. The van der Waals surface area contributed by atoms with Gasteiger partial charge in [0.25, 0.3) is 5.91 Å². The first kappa shape index (κ1) is 16.2. The van der Waals surface area contributed by atoms with E-state index < -0.39 is 6.10 Å². The molecule has 2 aromatic carbocycles. The molecule has 0 aliphatic carbocycles. The van der Waals surface area contributed by atoms with E-state index in [9.17, 15) is 9.59 Å². The Balaban J connectivity index is 2.07. The Labute approximate surface area is 134 Å². The summed E-state index contributed by atoms with van der Waals surface area (Å²) in [6.07, 6.45) is -0.787. The Kier molecular flexibility index (Phi) is 5.11. The SMILES string of the molecule is CC(=O)c1cccc(NC(=O)[C@@H](C)Oc2ccccc2C#N)c1. The summed E-state index contributed by atoms with van der Waals surface area (Å²) in [5, 5.41) is 11.7. The lowest BCUT2D eigenvalue weighted by molar-refractivity contribution is -0.122. The first-order chi connectivity index (χ1) is 11.0. The molecule has 116 valence electrons. The summed E-state index contributed by atoms with van der Waals surface area (Å²) in [5.74, 6) is -0.0815. The summed E-state index contributed by atoms with van der Waals surface area (Å²) in [6.45, 7) is 3.06. The fourth-order valence-electron chi connectivity index (χ4n) is 1.97. The Morgan fingerprint density at radius 3 is 2.61 bits per heavy atom. The highest BCUT2D eigenvalue weighted by molar-refractivity contribution is 5.98. The number of carbonyl (C=O) groups is 2. The normalized spacial score (nSPS) is 11.2. The molecule has 0 aliphatic rings. The maximum Gasteiger partial charge on any atom is 0.265 e. The molecule has 2 aromatic rings. The number of ether oxygens (including phenoxy) is 1. The van der Waals surface area contributed by atoms with Crippen LogP contribution in [0.3, 0.4) is 0 Å². The summed E-state index contributed by atoms with van der Waals surface area (Å²) in [6, 6.07) is 15.4. The molecule has 5 heteroatoms. The Bertz CT molecular complexity index is 778. The number of rotatable bonds is 5. The minimum absolute atomic E-state index is 0.0756. The molecule has 0 fully saturated rings. The molecule has 0 aromatic heterocycles. The van der Waals surface area contributed by atoms with Crippen LogP contribution in [-0.4, -0.2) is 17.8 Å². The smallest absolute Gasteiger partial charge is 0.265 e. The highest BCUT2D eigenvalue weighted by Gasteiger charge is 2.16. The van der Waals surface area contributed by atoms with Gasteiger partial charge in [0.2, 0.25) is 0 Å².